The summed E-state index contributed by atoms with van der Waals surface area (Å²) in [6.45, 7) is 0. The van der Waals surface area contributed by atoms with Crippen molar-refractivity contribution in [1.82, 2.24) is 0 Å². The predicted octanol–water partition coefficient (Wildman–Crippen LogP) is 2.75. The highest BCUT2D eigenvalue weighted by atomic mass is 79.9. The molecule has 0 N–H and O–H groups in total. The van der Waals surface area contributed by atoms with Crippen LogP contribution in [0.5, 0.6) is 0 Å². The summed E-state index contributed by atoms with van der Waals surface area (Å²) in [5.74, 6) is 0. The molecule has 1 aliphatic carbocycles. The Bertz CT molecular complexity index is 331. The summed E-state index contributed by atoms with van der Waals surface area (Å²) in [6.07, 6.45) is 4.33. The average molecular weight is 225 g/mol. The molecule has 1 aromatic rings. The number of hydrogen-bond donors (Lipinski definition) is 0. The summed E-state index contributed by atoms with van der Waals surface area (Å²) in [7, 11) is 0. The lowest BCUT2D eigenvalue weighted by Gasteiger charge is -2.02. The second kappa shape index (κ2) is 3.02. The molecule has 2 rings (SSSR count). The van der Waals surface area contributed by atoms with Gasteiger partial charge in [-0.2, -0.15) is 0 Å². The minimum absolute atomic E-state index is 0.858. The smallest absolute Gasteiger partial charge is 0.150 e. The average Bonchev–Trinajstić information content (AvgIpc) is 2.50. The van der Waals surface area contributed by atoms with E-state index in [1.807, 2.05) is 6.07 Å². The highest BCUT2D eigenvalue weighted by Gasteiger charge is 2.14. The summed E-state index contributed by atoms with van der Waals surface area (Å²) in [5, 5.41) is 0. The van der Waals surface area contributed by atoms with Crippen molar-refractivity contribution in [3.63, 3.8) is 0 Å². The standard InChI is InChI=1S/C10H9BrO/c11-9-4-7-2-1-3-10(7)8(5-9)6-12/h4-6H,1-3H2. The van der Waals surface area contributed by atoms with Crippen molar-refractivity contribution in [2.45, 2.75) is 19.3 Å². The van der Waals surface area contributed by atoms with Gasteiger partial charge in [0.05, 0.1) is 0 Å². The lowest BCUT2D eigenvalue weighted by molar-refractivity contribution is 0.112. The van der Waals surface area contributed by atoms with Gasteiger partial charge in [-0.3, -0.25) is 4.79 Å². The van der Waals surface area contributed by atoms with Crippen molar-refractivity contribution in [1.29, 1.82) is 0 Å². The fourth-order valence-electron chi connectivity index (χ4n) is 1.81. The Hall–Kier alpha value is -0.630. The molecule has 1 aromatic carbocycles. The van der Waals surface area contributed by atoms with Gasteiger partial charge in [0.2, 0.25) is 0 Å². The van der Waals surface area contributed by atoms with E-state index in [2.05, 4.69) is 22.0 Å². The summed E-state index contributed by atoms with van der Waals surface area (Å²) < 4.78 is 1.02. The van der Waals surface area contributed by atoms with Gasteiger partial charge >= 0.3 is 0 Å². The van der Waals surface area contributed by atoms with Crippen LogP contribution in [0, 0.1) is 0 Å². The zero-order valence-corrected chi connectivity index (χ0v) is 8.23. The Labute approximate surface area is 79.9 Å². The molecule has 0 aromatic heterocycles. The van der Waals surface area contributed by atoms with Crippen LogP contribution in [0.1, 0.15) is 27.9 Å². The van der Waals surface area contributed by atoms with Gasteiger partial charge < -0.3 is 0 Å². The molecule has 0 aliphatic heterocycles. The molecule has 0 spiro atoms. The number of halogens is 1. The van der Waals surface area contributed by atoms with E-state index in [-0.39, 0.29) is 0 Å². The number of carbonyl (C=O) groups is 1. The minimum atomic E-state index is 0.858. The van der Waals surface area contributed by atoms with E-state index >= 15 is 0 Å². The molecule has 0 amide bonds. The number of aldehydes is 1. The lowest BCUT2D eigenvalue weighted by atomic mass is 10.0. The Morgan fingerprint density at radius 2 is 2.17 bits per heavy atom. The maximum absolute atomic E-state index is 10.7. The maximum atomic E-state index is 10.7. The molecular formula is C10H9BrO. The van der Waals surface area contributed by atoms with Gasteiger partial charge in [-0.15, -0.1) is 0 Å². The van der Waals surface area contributed by atoms with Crippen LogP contribution in [-0.2, 0) is 12.8 Å². The van der Waals surface area contributed by atoms with E-state index in [0.717, 1.165) is 29.2 Å². The van der Waals surface area contributed by atoms with Gasteiger partial charge in [-0.25, -0.2) is 0 Å². The summed E-state index contributed by atoms with van der Waals surface area (Å²) in [4.78, 5) is 10.7. The third-order valence-corrected chi connectivity index (χ3v) is 2.80. The largest absolute Gasteiger partial charge is 0.298 e. The molecule has 1 aliphatic rings. The Morgan fingerprint density at radius 3 is 2.92 bits per heavy atom. The van der Waals surface area contributed by atoms with E-state index in [9.17, 15) is 4.79 Å². The molecule has 1 nitrogen and oxygen atoms in total. The Balaban J connectivity index is 2.62. The van der Waals surface area contributed by atoms with Crippen LogP contribution in [0.2, 0.25) is 0 Å². The molecule has 0 bridgehead atoms. The molecule has 0 saturated heterocycles. The van der Waals surface area contributed by atoms with E-state index in [0.29, 0.717) is 0 Å². The highest BCUT2D eigenvalue weighted by Crippen LogP contribution is 2.28. The summed E-state index contributed by atoms with van der Waals surface area (Å²) in [5.41, 5.74) is 3.46. The topological polar surface area (TPSA) is 17.1 Å². The normalized spacial score (nSPS) is 14.4. The van der Waals surface area contributed by atoms with Crippen LogP contribution >= 0.6 is 15.9 Å². The van der Waals surface area contributed by atoms with Crippen LogP contribution in [0.3, 0.4) is 0 Å². The maximum Gasteiger partial charge on any atom is 0.150 e. The van der Waals surface area contributed by atoms with E-state index in [1.165, 1.54) is 17.5 Å². The third-order valence-electron chi connectivity index (χ3n) is 2.34. The second-order valence-corrected chi connectivity index (χ2v) is 4.02. The van der Waals surface area contributed by atoms with E-state index in [1.54, 1.807) is 0 Å². The molecule has 0 atom stereocenters. The molecular weight excluding hydrogens is 216 g/mol. The fraction of sp³-hybridized carbons (Fsp3) is 0.300. The number of rotatable bonds is 1. The van der Waals surface area contributed by atoms with Crippen molar-refractivity contribution in [2.24, 2.45) is 0 Å². The van der Waals surface area contributed by atoms with Gasteiger partial charge in [0.1, 0.15) is 6.29 Å². The number of carbonyl (C=O) groups excluding carboxylic acids is 1. The first-order valence-electron chi connectivity index (χ1n) is 4.08. The predicted molar refractivity (Wildman–Crippen MR) is 51.6 cm³/mol. The van der Waals surface area contributed by atoms with Crippen molar-refractivity contribution < 1.29 is 4.79 Å². The summed E-state index contributed by atoms with van der Waals surface area (Å²) >= 11 is 3.40. The van der Waals surface area contributed by atoms with Crippen LogP contribution in [0.25, 0.3) is 0 Å². The molecule has 62 valence electrons. The van der Waals surface area contributed by atoms with Crippen molar-refractivity contribution in [3.8, 4) is 0 Å². The Morgan fingerprint density at radius 1 is 1.33 bits per heavy atom. The number of hydrogen-bond acceptors (Lipinski definition) is 1. The van der Waals surface area contributed by atoms with E-state index in [4.69, 9.17) is 0 Å². The first-order valence-corrected chi connectivity index (χ1v) is 4.87. The van der Waals surface area contributed by atoms with Gasteiger partial charge in [-0.05, 0) is 42.5 Å². The SMILES string of the molecule is O=Cc1cc(Br)cc2c1CCC2. The quantitative estimate of drug-likeness (QED) is 0.671. The van der Waals surface area contributed by atoms with Crippen molar-refractivity contribution >= 4 is 22.2 Å². The molecule has 0 heterocycles. The molecule has 2 heteroatoms. The zero-order valence-electron chi connectivity index (χ0n) is 6.64. The molecule has 0 unspecified atom stereocenters. The van der Waals surface area contributed by atoms with Crippen LogP contribution in [0.15, 0.2) is 16.6 Å². The number of fused-ring (bicyclic) bond motifs is 1. The van der Waals surface area contributed by atoms with Gasteiger partial charge in [0.15, 0.2) is 0 Å². The second-order valence-electron chi connectivity index (χ2n) is 3.10. The van der Waals surface area contributed by atoms with Crippen LogP contribution < -0.4 is 0 Å². The molecule has 0 saturated carbocycles. The first kappa shape index (κ1) is 7.99. The molecule has 0 fully saturated rings. The Kier molecular flexibility index (Phi) is 2.01. The minimum Gasteiger partial charge on any atom is -0.298 e. The lowest BCUT2D eigenvalue weighted by Crippen LogP contribution is -1.91. The third kappa shape index (κ3) is 1.20. The highest BCUT2D eigenvalue weighted by molar-refractivity contribution is 9.10. The number of benzene rings is 1. The number of aryl methyl sites for hydroxylation is 1. The van der Waals surface area contributed by atoms with Crippen LogP contribution in [-0.4, -0.2) is 6.29 Å². The summed E-state index contributed by atoms with van der Waals surface area (Å²) in [6, 6.07) is 4.02. The van der Waals surface area contributed by atoms with Gasteiger partial charge in [0.25, 0.3) is 0 Å². The fourth-order valence-corrected chi connectivity index (χ4v) is 2.33. The monoisotopic (exact) mass is 224 g/mol. The van der Waals surface area contributed by atoms with Crippen LogP contribution in [0.4, 0.5) is 0 Å². The zero-order chi connectivity index (χ0) is 8.55. The first-order chi connectivity index (χ1) is 5.81. The van der Waals surface area contributed by atoms with Gasteiger partial charge in [0, 0.05) is 10.0 Å². The molecule has 12 heavy (non-hydrogen) atoms. The van der Waals surface area contributed by atoms with E-state index < -0.39 is 0 Å². The molecule has 0 radical (unpaired) electrons. The van der Waals surface area contributed by atoms with Crippen molar-refractivity contribution in [2.75, 3.05) is 0 Å². The van der Waals surface area contributed by atoms with Crippen molar-refractivity contribution in [3.05, 3.63) is 33.3 Å². The van der Waals surface area contributed by atoms with Gasteiger partial charge in [-0.1, -0.05) is 15.9 Å².